The molecule has 2 rings (SSSR count). The highest BCUT2D eigenvalue weighted by molar-refractivity contribution is 5.41. The number of rotatable bonds is 6. The molecule has 1 aromatic heterocycles. The van der Waals surface area contributed by atoms with Crippen LogP contribution in [-0.2, 0) is 6.54 Å². The Labute approximate surface area is 119 Å². The van der Waals surface area contributed by atoms with Crippen molar-refractivity contribution in [2.24, 2.45) is 0 Å². The summed E-state index contributed by atoms with van der Waals surface area (Å²) in [6.45, 7) is 4.36. The van der Waals surface area contributed by atoms with Crippen LogP contribution in [0.1, 0.15) is 24.2 Å². The van der Waals surface area contributed by atoms with Gasteiger partial charge in [0.15, 0.2) is 0 Å². The van der Waals surface area contributed by atoms with Crippen molar-refractivity contribution in [2.45, 2.75) is 19.6 Å². The van der Waals surface area contributed by atoms with Crippen LogP contribution in [0.2, 0.25) is 0 Å². The van der Waals surface area contributed by atoms with Crippen LogP contribution in [0.15, 0.2) is 48.8 Å². The van der Waals surface area contributed by atoms with E-state index in [9.17, 15) is 5.11 Å². The van der Waals surface area contributed by atoms with Crippen LogP contribution in [0.25, 0.3) is 0 Å². The van der Waals surface area contributed by atoms with E-state index >= 15 is 0 Å². The highest BCUT2D eigenvalue weighted by Gasteiger charge is 2.13. The van der Waals surface area contributed by atoms with E-state index in [4.69, 9.17) is 5.73 Å². The maximum Gasteiger partial charge on any atom is 0.0917 e. The van der Waals surface area contributed by atoms with Gasteiger partial charge in [-0.2, -0.15) is 0 Å². The van der Waals surface area contributed by atoms with Crippen LogP contribution in [0.3, 0.4) is 0 Å². The van der Waals surface area contributed by atoms with E-state index < -0.39 is 6.10 Å². The quantitative estimate of drug-likeness (QED) is 0.791. The molecule has 0 bridgehead atoms. The van der Waals surface area contributed by atoms with Crippen LogP contribution >= 0.6 is 0 Å². The Bertz CT molecular complexity index is 530. The smallest absolute Gasteiger partial charge is 0.0917 e. The normalized spacial score (nSPS) is 12.6. The van der Waals surface area contributed by atoms with Crippen LogP contribution in [0, 0.1) is 0 Å². The van der Waals surface area contributed by atoms with Crippen molar-refractivity contribution in [1.82, 2.24) is 9.88 Å². The van der Waals surface area contributed by atoms with Crippen molar-refractivity contribution in [2.75, 3.05) is 18.8 Å². The Hall–Kier alpha value is -1.91. The summed E-state index contributed by atoms with van der Waals surface area (Å²) in [5.41, 5.74) is 8.49. The summed E-state index contributed by atoms with van der Waals surface area (Å²) in [6.07, 6.45) is 3.05. The molecule has 0 aliphatic heterocycles. The molecule has 0 fully saturated rings. The number of nitrogens with two attached hydrogens (primary N) is 1. The van der Waals surface area contributed by atoms with Gasteiger partial charge >= 0.3 is 0 Å². The Morgan fingerprint density at radius 1 is 1.25 bits per heavy atom. The molecule has 1 aromatic carbocycles. The van der Waals surface area contributed by atoms with Gasteiger partial charge in [-0.25, -0.2) is 0 Å². The number of aliphatic hydroxyl groups is 1. The van der Waals surface area contributed by atoms with Crippen molar-refractivity contribution in [1.29, 1.82) is 0 Å². The number of benzene rings is 1. The van der Waals surface area contributed by atoms with Gasteiger partial charge in [0.25, 0.3) is 0 Å². The van der Waals surface area contributed by atoms with E-state index in [2.05, 4.69) is 16.8 Å². The summed E-state index contributed by atoms with van der Waals surface area (Å²) in [4.78, 5) is 6.21. The fourth-order valence-electron chi connectivity index (χ4n) is 2.17. The van der Waals surface area contributed by atoms with Crippen molar-refractivity contribution in [3.05, 3.63) is 59.9 Å². The first kappa shape index (κ1) is 14.5. The Kier molecular flexibility index (Phi) is 5.09. The molecule has 4 heteroatoms. The van der Waals surface area contributed by atoms with E-state index in [1.54, 1.807) is 12.4 Å². The van der Waals surface area contributed by atoms with Gasteiger partial charge < -0.3 is 10.8 Å². The molecule has 4 nitrogen and oxygen atoms in total. The minimum Gasteiger partial charge on any atom is -0.399 e. The number of nitrogen functional groups attached to an aromatic ring is 1. The first-order chi connectivity index (χ1) is 9.69. The number of aromatic nitrogens is 1. The lowest BCUT2D eigenvalue weighted by atomic mass is 10.1. The molecule has 0 saturated heterocycles. The first-order valence-corrected chi connectivity index (χ1v) is 6.83. The number of pyridine rings is 1. The zero-order valence-corrected chi connectivity index (χ0v) is 11.7. The standard InChI is InChI=1S/C16H21N3O/c1-2-19(11-13-6-8-18-9-7-13)12-16(20)14-4-3-5-15(17)10-14/h3-10,16,20H,2,11-12,17H2,1H3. The number of hydrogen-bond acceptors (Lipinski definition) is 4. The number of aliphatic hydroxyl groups excluding tert-OH is 1. The number of likely N-dealkylation sites (N-methyl/N-ethyl adjacent to an activating group) is 1. The van der Waals surface area contributed by atoms with E-state index in [1.807, 2.05) is 36.4 Å². The molecule has 106 valence electrons. The number of nitrogens with zero attached hydrogens (tertiary/aromatic N) is 2. The maximum atomic E-state index is 10.3. The third kappa shape index (κ3) is 4.05. The average Bonchev–Trinajstić information content (AvgIpc) is 2.47. The topological polar surface area (TPSA) is 62.4 Å². The predicted molar refractivity (Wildman–Crippen MR) is 81.0 cm³/mol. The fraction of sp³-hybridized carbons (Fsp3) is 0.312. The number of anilines is 1. The van der Waals surface area contributed by atoms with Gasteiger partial charge in [-0.3, -0.25) is 9.88 Å². The highest BCUT2D eigenvalue weighted by atomic mass is 16.3. The van der Waals surface area contributed by atoms with Gasteiger partial charge in [-0.15, -0.1) is 0 Å². The summed E-state index contributed by atoms with van der Waals surface area (Å²) < 4.78 is 0. The van der Waals surface area contributed by atoms with Crippen molar-refractivity contribution < 1.29 is 5.11 Å². The van der Waals surface area contributed by atoms with Gasteiger partial charge in [0.1, 0.15) is 0 Å². The van der Waals surface area contributed by atoms with Crippen molar-refractivity contribution in [3.63, 3.8) is 0 Å². The molecule has 3 N–H and O–H groups in total. The summed E-state index contributed by atoms with van der Waals surface area (Å²) in [5.74, 6) is 0. The summed E-state index contributed by atoms with van der Waals surface area (Å²) in [7, 11) is 0. The molecule has 0 saturated carbocycles. The molecular formula is C16H21N3O. The Morgan fingerprint density at radius 3 is 2.65 bits per heavy atom. The van der Waals surface area contributed by atoms with Crippen LogP contribution in [0.5, 0.6) is 0 Å². The monoisotopic (exact) mass is 271 g/mol. The maximum absolute atomic E-state index is 10.3. The van der Waals surface area contributed by atoms with E-state index in [0.717, 1.165) is 18.7 Å². The highest BCUT2D eigenvalue weighted by Crippen LogP contribution is 2.17. The van der Waals surface area contributed by atoms with Gasteiger partial charge in [0.05, 0.1) is 6.10 Å². The van der Waals surface area contributed by atoms with Gasteiger partial charge in [0, 0.05) is 31.2 Å². The summed E-state index contributed by atoms with van der Waals surface area (Å²) >= 11 is 0. The van der Waals surface area contributed by atoms with E-state index in [0.29, 0.717) is 12.2 Å². The Balaban J connectivity index is 1.99. The van der Waals surface area contributed by atoms with Crippen molar-refractivity contribution in [3.8, 4) is 0 Å². The lowest BCUT2D eigenvalue weighted by molar-refractivity contribution is 0.112. The summed E-state index contributed by atoms with van der Waals surface area (Å²) in [6, 6.07) is 11.4. The fourth-order valence-corrected chi connectivity index (χ4v) is 2.17. The molecule has 1 atom stereocenters. The third-order valence-corrected chi connectivity index (χ3v) is 3.33. The molecule has 0 aliphatic rings. The second-order valence-electron chi connectivity index (χ2n) is 4.87. The SMILES string of the molecule is CCN(Cc1ccncc1)CC(O)c1cccc(N)c1. The molecule has 0 aliphatic carbocycles. The molecular weight excluding hydrogens is 250 g/mol. The summed E-state index contributed by atoms with van der Waals surface area (Å²) in [5, 5.41) is 10.3. The Morgan fingerprint density at radius 2 is 2.00 bits per heavy atom. The van der Waals surface area contributed by atoms with Crippen LogP contribution < -0.4 is 5.73 Å². The van der Waals surface area contributed by atoms with Gasteiger partial charge in [-0.1, -0.05) is 19.1 Å². The molecule has 0 radical (unpaired) electrons. The minimum atomic E-state index is -0.528. The molecule has 1 heterocycles. The van der Waals surface area contributed by atoms with Crippen LogP contribution in [0.4, 0.5) is 5.69 Å². The van der Waals surface area contributed by atoms with Crippen molar-refractivity contribution >= 4 is 5.69 Å². The molecule has 0 amide bonds. The second kappa shape index (κ2) is 7.03. The lowest BCUT2D eigenvalue weighted by Crippen LogP contribution is -2.28. The molecule has 20 heavy (non-hydrogen) atoms. The second-order valence-corrected chi connectivity index (χ2v) is 4.87. The van der Waals surface area contributed by atoms with E-state index in [1.165, 1.54) is 5.56 Å². The molecule has 1 unspecified atom stereocenters. The third-order valence-electron chi connectivity index (χ3n) is 3.33. The zero-order chi connectivity index (χ0) is 14.4. The van der Waals surface area contributed by atoms with Gasteiger partial charge in [0.2, 0.25) is 0 Å². The molecule has 0 spiro atoms. The van der Waals surface area contributed by atoms with E-state index in [-0.39, 0.29) is 0 Å². The van der Waals surface area contributed by atoms with Gasteiger partial charge in [-0.05, 0) is 41.9 Å². The first-order valence-electron chi connectivity index (χ1n) is 6.83. The zero-order valence-electron chi connectivity index (χ0n) is 11.7. The largest absolute Gasteiger partial charge is 0.399 e. The lowest BCUT2D eigenvalue weighted by Gasteiger charge is -2.24. The predicted octanol–water partition coefficient (Wildman–Crippen LogP) is 2.22. The van der Waals surface area contributed by atoms with Crippen LogP contribution in [-0.4, -0.2) is 28.1 Å². The molecule has 2 aromatic rings. The minimum absolute atomic E-state index is 0.528. The average molecular weight is 271 g/mol. The number of hydrogen-bond donors (Lipinski definition) is 2.